The molecular weight excluding hydrogens is 501 g/mol. The minimum absolute atomic E-state index is 0.0121. The smallest absolute Gasteiger partial charge is 0.260 e. The Labute approximate surface area is 209 Å². The maximum atomic E-state index is 12.9. The lowest BCUT2D eigenvalue weighted by molar-refractivity contribution is -0.138. The van der Waals surface area contributed by atoms with Gasteiger partial charge in [0, 0.05) is 54.8 Å². The molecule has 2 aromatic rings. The number of nitrogens with zero attached hydrogens (tertiary/aromatic N) is 2. The fourth-order valence-electron chi connectivity index (χ4n) is 3.88. The molecule has 11 heteroatoms. The van der Waals surface area contributed by atoms with E-state index in [1.54, 1.807) is 11.0 Å². The summed E-state index contributed by atoms with van der Waals surface area (Å²) in [5.41, 5.74) is 1.42. The van der Waals surface area contributed by atoms with Crippen molar-refractivity contribution in [1.29, 1.82) is 0 Å². The van der Waals surface area contributed by atoms with Crippen LogP contribution in [0.4, 0.5) is 0 Å². The first kappa shape index (κ1) is 26.3. The summed E-state index contributed by atoms with van der Waals surface area (Å²) in [6, 6.07) is 12.2. The van der Waals surface area contributed by atoms with Gasteiger partial charge < -0.3 is 9.64 Å². The van der Waals surface area contributed by atoms with Crippen molar-refractivity contribution in [3.8, 4) is 5.75 Å². The molecule has 0 aromatic heterocycles. The summed E-state index contributed by atoms with van der Waals surface area (Å²) in [6.07, 6.45) is 0. The van der Waals surface area contributed by atoms with Crippen LogP contribution >= 0.6 is 23.2 Å². The lowest BCUT2D eigenvalue weighted by atomic mass is 10.1. The summed E-state index contributed by atoms with van der Waals surface area (Å²) in [6.45, 7) is 5.63. The molecule has 0 radical (unpaired) electrons. The van der Waals surface area contributed by atoms with Crippen molar-refractivity contribution in [3.63, 3.8) is 0 Å². The molecule has 1 saturated heterocycles. The first-order valence-electron chi connectivity index (χ1n) is 10.7. The van der Waals surface area contributed by atoms with Gasteiger partial charge in [-0.15, -0.1) is 0 Å². The van der Waals surface area contributed by atoms with Gasteiger partial charge in [-0.25, -0.2) is 8.42 Å². The van der Waals surface area contributed by atoms with Crippen LogP contribution in [-0.4, -0.2) is 62.3 Å². The highest BCUT2D eigenvalue weighted by molar-refractivity contribution is 7.89. The third-order valence-electron chi connectivity index (χ3n) is 5.37. The second-order valence-electron chi connectivity index (χ2n) is 8.26. The Balaban J connectivity index is 1.58. The van der Waals surface area contributed by atoms with Gasteiger partial charge in [0.25, 0.3) is 5.91 Å². The lowest BCUT2D eigenvalue weighted by Gasteiger charge is -2.40. The molecule has 1 aliphatic heterocycles. The topological polar surface area (TPSA) is 96.0 Å². The molecule has 2 amide bonds. The minimum Gasteiger partial charge on any atom is -0.483 e. The van der Waals surface area contributed by atoms with E-state index in [0.29, 0.717) is 16.6 Å². The molecule has 0 bridgehead atoms. The maximum Gasteiger partial charge on any atom is 0.260 e. The van der Waals surface area contributed by atoms with Gasteiger partial charge in [0.05, 0.1) is 5.75 Å². The number of rotatable bonds is 8. The van der Waals surface area contributed by atoms with Crippen LogP contribution in [0.2, 0.25) is 10.0 Å². The largest absolute Gasteiger partial charge is 0.483 e. The van der Waals surface area contributed by atoms with Gasteiger partial charge in [-0.3, -0.25) is 19.2 Å². The second kappa shape index (κ2) is 11.4. The molecule has 0 aliphatic carbocycles. The molecule has 184 valence electrons. The van der Waals surface area contributed by atoms with Crippen molar-refractivity contribution in [2.75, 3.05) is 26.2 Å². The monoisotopic (exact) mass is 527 g/mol. The van der Waals surface area contributed by atoms with Crippen molar-refractivity contribution in [1.82, 2.24) is 14.5 Å². The van der Waals surface area contributed by atoms with Gasteiger partial charge in [-0.1, -0.05) is 35.3 Å². The van der Waals surface area contributed by atoms with Crippen LogP contribution in [0, 0.1) is 0 Å². The predicted molar refractivity (Wildman–Crippen MR) is 131 cm³/mol. The summed E-state index contributed by atoms with van der Waals surface area (Å²) in [5.74, 6) is -1.16. The van der Waals surface area contributed by atoms with Gasteiger partial charge in [0.1, 0.15) is 5.75 Å². The van der Waals surface area contributed by atoms with E-state index in [0.717, 1.165) is 32.1 Å². The van der Waals surface area contributed by atoms with Crippen LogP contribution in [0.3, 0.4) is 0 Å². The van der Waals surface area contributed by atoms with E-state index in [2.05, 4.69) is 4.90 Å². The molecule has 1 aliphatic rings. The molecule has 0 saturated carbocycles. The maximum absolute atomic E-state index is 12.9. The Morgan fingerprint density at radius 2 is 1.76 bits per heavy atom. The fraction of sp³-hybridized carbons (Fsp3) is 0.391. The van der Waals surface area contributed by atoms with Crippen LogP contribution < -0.4 is 9.46 Å². The highest BCUT2D eigenvalue weighted by atomic mass is 35.5. The zero-order valence-electron chi connectivity index (χ0n) is 19.0. The number of carbonyl (C=O) groups excluding carboxylic acids is 2. The quantitative estimate of drug-likeness (QED) is 0.566. The number of hydrogen-bond acceptors (Lipinski definition) is 6. The Hall–Kier alpha value is -2.33. The van der Waals surface area contributed by atoms with Crippen molar-refractivity contribution >= 4 is 45.0 Å². The summed E-state index contributed by atoms with van der Waals surface area (Å²) >= 11 is 12.0. The van der Waals surface area contributed by atoms with Gasteiger partial charge in [-0.05, 0) is 42.8 Å². The van der Waals surface area contributed by atoms with Crippen molar-refractivity contribution in [3.05, 3.63) is 63.6 Å². The molecule has 0 spiro atoms. The average Bonchev–Trinajstić information content (AvgIpc) is 2.73. The molecule has 1 N–H and O–H groups in total. The summed E-state index contributed by atoms with van der Waals surface area (Å²) in [4.78, 5) is 28.1. The molecule has 3 rings (SSSR count). The standard InChI is InChI=1S/C23H27Cl2N3O5S/c1-16-12-27(13-18-3-5-20(24)6-4-18)9-10-28(16)23(30)14-33-22-8-7-21(25)11-19(22)15-34(31,32)26-17(2)29/h3-8,11,16H,9-10,12-15H2,1-2H3,(H,26,29)/t16-/m1/s1. The van der Waals surface area contributed by atoms with Gasteiger partial charge in [-0.2, -0.15) is 0 Å². The summed E-state index contributed by atoms with van der Waals surface area (Å²) in [7, 11) is -3.92. The summed E-state index contributed by atoms with van der Waals surface area (Å²) in [5, 5.41) is 1.02. The molecular formula is C23H27Cl2N3O5S. The molecule has 34 heavy (non-hydrogen) atoms. The van der Waals surface area contributed by atoms with Crippen LogP contribution in [0.15, 0.2) is 42.5 Å². The number of sulfonamides is 1. The Morgan fingerprint density at radius 1 is 1.09 bits per heavy atom. The van der Waals surface area contributed by atoms with Crippen molar-refractivity contribution in [2.45, 2.75) is 32.2 Å². The van der Waals surface area contributed by atoms with E-state index in [9.17, 15) is 18.0 Å². The van der Waals surface area contributed by atoms with Crippen LogP contribution in [0.1, 0.15) is 25.0 Å². The van der Waals surface area contributed by atoms with E-state index >= 15 is 0 Å². The molecule has 8 nitrogen and oxygen atoms in total. The second-order valence-corrected chi connectivity index (χ2v) is 10.9. The van der Waals surface area contributed by atoms with Crippen LogP contribution in [-0.2, 0) is 31.9 Å². The molecule has 1 fully saturated rings. The number of benzene rings is 2. The molecule has 0 unspecified atom stereocenters. The Morgan fingerprint density at radius 3 is 2.41 bits per heavy atom. The van der Waals surface area contributed by atoms with Gasteiger partial charge >= 0.3 is 0 Å². The SMILES string of the molecule is CC(=O)NS(=O)(=O)Cc1cc(Cl)ccc1OCC(=O)N1CCN(Cc2ccc(Cl)cc2)C[C@H]1C. The molecule has 1 heterocycles. The zero-order chi connectivity index (χ0) is 24.9. The Kier molecular flexibility index (Phi) is 8.81. The number of piperazine rings is 1. The van der Waals surface area contributed by atoms with E-state index in [1.807, 2.05) is 35.9 Å². The van der Waals surface area contributed by atoms with E-state index in [4.69, 9.17) is 27.9 Å². The highest BCUT2D eigenvalue weighted by Crippen LogP contribution is 2.25. The summed E-state index contributed by atoms with van der Waals surface area (Å²) < 4.78 is 31.9. The normalized spacial score (nSPS) is 16.8. The first-order valence-corrected chi connectivity index (χ1v) is 13.1. The number of nitrogens with one attached hydrogen (secondary N) is 1. The number of ether oxygens (including phenoxy) is 1. The first-order chi connectivity index (χ1) is 16.0. The zero-order valence-corrected chi connectivity index (χ0v) is 21.3. The number of hydrogen-bond donors (Lipinski definition) is 1. The average molecular weight is 528 g/mol. The van der Waals surface area contributed by atoms with Crippen LogP contribution in [0.25, 0.3) is 0 Å². The predicted octanol–water partition coefficient (Wildman–Crippen LogP) is 3.07. The van der Waals surface area contributed by atoms with Gasteiger partial charge in [0.15, 0.2) is 6.61 Å². The third kappa shape index (κ3) is 7.59. The van der Waals surface area contributed by atoms with Crippen LogP contribution in [0.5, 0.6) is 5.75 Å². The van der Waals surface area contributed by atoms with E-state index in [1.165, 1.54) is 12.1 Å². The number of amides is 2. The van der Waals surface area contributed by atoms with Crippen molar-refractivity contribution < 1.29 is 22.7 Å². The minimum atomic E-state index is -3.92. The van der Waals surface area contributed by atoms with Gasteiger partial charge in [0.2, 0.25) is 15.9 Å². The molecule has 2 aromatic carbocycles. The van der Waals surface area contributed by atoms with E-state index in [-0.39, 0.29) is 29.9 Å². The third-order valence-corrected chi connectivity index (χ3v) is 7.15. The molecule has 1 atom stereocenters. The highest BCUT2D eigenvalue weighted by Gasteiger charge is 2.28. The lowest BCUT2D eigenvalue weighted by Crippen LogP contribution is -2.54. The number of carbonyl (C=O) groups is 2. The fourth-order valence-corrected chi connectivity index (χ4v) is 5.34. The van der Waals surface area contributed by atoms with E-state index < -0.39 is 21.7 Å². The van der Waals surface area contributed by atoms with Crippen molar-refractivity contribution in [2.24, 2.45) is 0 Å². The Bertz CT molecular complexity index is 1140. The number of halogens is 2.